The quantitative estimate of drug-likeness (QED) is 0.0311. The minimum Gasteiger partial charge on any atom is -0.430 e. The molecule has 9 aromatic heterocycles. The van der Waals surface area contributed by atoms with E-state index in [1.807, 2.05) is 0 Å². The van der Waals surface area contributed by atoms with Crippen LogP contribution in [0, 0.1) is 77.7 Å². The molecule has 0 bridgehead atoms. The van der Waals surface area contributed by atoms with E-state index in [9.17, 15) is 48.5 Å². The van der Waals surface area contributed by atoms with Gasteiger partial charge in [0.15, 0.2) is 117 Å². The predicted octanol–water partition coefficient (Wildman–Crippen LogP) is 3.14. The molecule has 0 spiro atoms. The van der Waals surface area contributed by atoms with Crippen molar-refractivity contribution in [3.63, 3.8) is 0 Å². The van der Waals surface area contributed by atoms with Crippen molar-refractivity contribution in [2.24, 2.45) is 0 Å². The molecule has 0 unspecified atom stereocenters. The lowest BCUT2D eigenvalue weighted by atomic mass is 9.98. The van der Waals surface area contributed by atoms with Crippen molar-refractivity contribution >= 4 is 69.4 Å². The zero-order valence-corrected chi connectivity index (χ0v) is 55.3. The molecule has 104 heavy (non-hydrogen) atoms. The molecule has 0 saturated carbocycles. The van der Waals surface area contributed by atoms with Gasteiger partial charge >= 0.3 is 42.0 Å². The lowest BCUT2D eigenvalue weighted by molar-refractivity contribution is -0.106. The third kappa shape index (κ3) is 15.0. The molecule has 0 radical (unpaired) electrons. The van der Waals surface area contributed by atoms with Crippen LogP contribution in [0.1, 0.15) is 91.1 Å². The van der Waals surface area contributed by atoms with Gasteiger partial charge in [-0.15, -0.1) is 19.3 Å². The second-order valence-electron chi connectivity index (χ2n) is 22.9. The van der Waals surface area contributed by atoms with Crippen LogP contribution in [0.5, 0.6) is 0 Å². The molecule has 13 rings (SSSR count). The fraction of sp³-hybridized carbons (Fsp3) is 0.403. The van der Waals surface area contributed by atoms with Gasteiger partial charge in [0, 0.05) is 19.3 Å². The molecule has 13 heterocycles. The lowest BCUT2D eigenvalue weighted by Crippen LogP contribution is -2.45. The Kier molecular flexibility index (Phi) is 20.6. The summed E-state index contributed by atoms with van der Waals surface area (Å²) in [6, 6.07) is 0. The fourth-order valence-electron chi connectivity index (χ4n) is 10.8. The molecular formula is C62H60FN15O26. The van der Waals surface area contributed by atoms with Gasteiger partial charge in [-0.2, -0.15) is 14.4 Å². The van der Waals surface area contributed by atoms with Crippen LogP contribution < -0.4 is 34.3 Å². The van der Waals surface area contributed by atoms with Crippen LogP contribution in [0.3, 0.4) is 0 Å². The first-order chi connectivity index (χ1) is 49.6. The second-order valence-corrected chi connectivity index (χ2v) is 22.9. The minimum absolute atomic E-state index is 0.0259. The monoisotopic (exact) mass is 1450 g/mol. The number of halogens is 1. The van der Waals surface area contributed by atoms with Crippen molar-refractivity contribution in [3.8, 4) is 37.0 Å². The van der Waals surface area contributed by atoms with Gasteiger partial charge in [0.1, 0.15) is 72.5 Å². The van der Waals surface area contributed by atoms with Crippen molar-refractivity contribution in [2.75, 3.05) is 43.1 Å². The van der Waals surface area contributed by atoms with Crippen molar-refractivity contribution in [2.45, 2.75) is 134 Å². The van der Waals surface area contributed by atoms with Crippen LogP contribution in [-0.2, 0) is 71.9 Å². The molecule has 0 aliphatic carbocycles. The highest BCUT2D eigenvalue weighted by atomic mass is 19.1. The number of nitrogen functional groups attached to an aromatic ring is 2. The summed E-state index contributed by atoms with van der Waals surface area (Å²) < 4.78 is 106. The maximum Gasteiger partial charge on any atom is 0.519 e. The van der Waals surface area contributed by atoms with Gasteiger partial charge < -0.3 is 111 Å². The number of hydrogen-bond donors (Lipinski definition) is 6. The van der Waals surface area contributed by atoms with Crippen LogP contribution in [0.25, 0.3) is 33.5 Å². The third-order valence-corrected chi connectivity index (χ3v) is 16.1. The fourth-order valence-corrected chi connectivity index (χ4v) is 10.8. The smallest absolute Gasteiger partial charge is 0.430 e. The van der Waals surface area contributed by atoms with E-state index in [0.29, 0.717) is 45.5 Å². The molecule has 4 aliphatic rings. The Morgan fingerprint density at radius 3 is 1.45 bits per heavy atom. The van der Waals surface area contributed by atoms with Crippen LogP contribution in [-0.4, -0.2) is 154 Å². The second kappa shape index (κ2) is 29.5. The summed E-state index contributed by atoms with van der Waals surface area (Å²) in [5.74, 6) is 7.02. The van der Waals surface area contributed by atoms with Gasteiger partial charge in [0.25, 0.3) is 5.95 Å². The number of allylic oxidation sites excluding steroid dienone is 1. The number of nitrogens with zero attached hydrogens (tertiary/aromatic N) is 12. The maximum atomic E-state index is 14.1. The number of carbonyl (C=O) groups is 3. The van der Waals surface area contributed by atoms with E-state index in [4.69, 9.17) is 105 Å². The Labute approximate surface area is 580 Å². The molecule has 9 atom stereocenters. The van der Waals surface area contributed by atoms with Gasteiger partial charge in [0.05, 0.1) is 32.1 Å². The van der Waals surface area contributed by atoms with Gasteiger partial charge in [-0.05, 0) is 48.1 Å². The normalized spacial score (nSPS) is 22.5. The lowest BCUT2D eigenvalue weighted by Gasteiger charge is -2.27. The molecule has 4 aliphatic heterocycles. The Bertz CT molecular complexity index is 5160. The molecule has 8 N–H and O–H groups in total. The number of ether oxygens (including phenoxy) is 11. The predicted molar refractivity (Wildman–Crippen MR) is 338 cm³/mol. The molecule has 0 amide bonds. The molecular weight excluding hydrogens is 1390 g/mol. The van der Waals surface area contributed by atoms with Crippen LogP contribution in [0.15, 0.2) is 83.9 Å². The number of rotatable bonds is 18. The Morgan fingerprint density at radius 2 is 1.02 bits per heavy atom. The zero-order valence-electron chi connectivity index (χ0n) is 55.3. The van der Waals surface area contributed by atoms with Crippen molar-refractivity contribution in [1.29, 1.82) is 0 Å². The van der Waals surface area contributed by atoms with E-state index in [2.05, 4.69) is 78.9 Å². The number of anilines is 3. The summed E-state index contributed by atoms with van der Waals surface area (Å²) in [4.78, 5) is 108. The van der Waals surface area contributed by atoms with E-state index in [1.165, 1.54) is 48.9 Å². The van der Waals surface area contributed by atoms with Crippen molar-refractivity contribution in [3.05, 3.63) is 127 Å². The van der Waals surface area contributed by atoms with Crippen molar-refractivity contribution < 1.29 is 113 Å². The minimum atomic E-state index is -1.86. The zero-order chi connectivity index (χ0) is 74.7. The van der Waals surface area contributed by atoms with E-state index in [1.54, 1.807) is 25.3 Å². The van der Waals surface area contributed by atoms with E-state index in [-0.39, 0.29) is 102 Å². The number of nitrogens with two attached hydrogens (primary N) is 2. The maximum absolute atomic E-state index is 14.1. The average molecular weight is 1450 g/mol. The summed E-state index contributed by atoms with van der Waals surface area (Å²) >= 11 is 0. The first-order valence-electron chi connectivity index (χ1n) is 30.5. The number of terminal acetylenes is 3. The molecule has 0 aromatic carbocycles. The molecule has 3 fully saturated rings. The number of aliphatic hydroxyl groups is 3. The topological polar surface area (TPSA) is 538 Å². The summed E-state index contributed by atoms with van der Waals surface area (Å²) in [5.41, 5.74) is 8.65. The molecule has 546 valence electrons. The summed E-state index contributed by atoms with van der Waals surface area (Å²) in [7, 11) is 0. The highest BCUT2D eigenvalue weighted by molar-refractivity contribution is 5.84. The number of aryl methyl sites for hydroxylation is 5. The van der Waals surface area contributed by atoms with Gasteiger partial charge in [-0.1, -0.05) is 17.8 Å². The first-order valence-corrected chi connectivity index (χ1v) is 30.5. The largest absolute Gasteiger partial charge is 0.519 e. The Morgan fingerprint density at radius 1 is 0.596 bits per heavy atom. The summed E-state index contributed by atoms with van der Waals surface area (Å²) in [6.45, 7) is 10.1. The number of imidazole rings is 3. The highest BCUT2D eigenvalue weighted by Crippen LogP contribution is 2.43. The number of fused-ring (bicyclic) bond motifs is 3. The van der Waals surface area contributed by atoms with E-state index in [0.717, 1.165) is 0 Å². The van der Waals surface area contributed by atoms with Crippen LogP contribution >= 0.6 is 0 Å². The van der Waals surface area contributed by atoms with Gasteiger partial charge in [0.2, 0.25) is 5.60 Å². The first kappa shape index (κ1) is 72.6. The van der Waals surface area contributed by atoms with Crippen LogP contribution in [0.2, 0.25) is 0 Å². The Balaban J connectivity index is 0.000000160. The molecule has 9 aromatic rings. The number of carbonyl (C=O) groups excluding carboxylic acids is 3. The van der Waals surface area contributed by atoms with Crippen molar-refractivity contribution in [1.82, 2.24) is 58.6 Å². The number of aromatic nitrogens is 12. The third-order valence-electron chi connectivity index (χ3n) is 16.1. The molecule has 42 heteroatoms. The van der Waals surface area contributed by atoms with E-state index < -0.39 is 129 Å². The SMILES string of the molecule is C#C[C@]1(CO)O[C@@H](n2cnc3c(NCC4=C(C)OC(=C)O4)nc(F)nc32)C[C@@H]1O.C#C[C@]1(COC(=O)OCc2oc(=O)oc2C)O[C@@H](n2cnc3c(N)nc(C)nc32)C[C@@H]1O.C#C[C@]1(COC(=O)OCc2oc(=O)oc2C)O[C@@H](n2cnc3c(N)nc(C)nc32)C[C@@H]1OC(=O)OCc1oc(=O)oc1C. The summed E-state index contributed by atoms with van der Waals surface area (Å²) in [6.07, 6.45) is 10.7. The number of aliphatic hydroxyl groups excluding tert-OH is 3. The number of nitrogens with one attached hydrogen (secondary N) is 1. The summed E-state index contributed by atoms with van der Waals surface area (Å²) in [5, 5.41) is 33.3. The average Bonchev–Trinajstić information content (AvgIpc) is 1.61. The van der Waals surface area contributed by atoms with Crippen LogP contribution in [0.4, 0.5) is 36.2 Å². The van der Waals surface area contributed by atoms with Gasteiger partial charge in [-0.25, -0.2) is 63.7 Å². The standard InChI is InChI=1S/C25H23N5O13.C19H19N5O8.C18H18FN5O5/c1-5-25(9-37-21(31)35-7-14-11(2)38-23(33)40-14)16(42-22(32)36-8-15-12(3)39-24(34)41-15)6-17(43-25)30-10-27-18-19(26)28-13(4)29-20(18)30;1-4-19(7-29-17(26)28-6-11-9(2)30-18(27)31-11)12(25)5-13(32-19)24-8-21-14-15(20)22-10(3)23-16(14)24;1-4-18(7-25)12(26)5-13(29-18)24-8-21-14-15(22-17(19)23-16(14)24)20-6-11-9(2)27-10(3)28-11/h1,10,16-17H,6-9H2,2-4H3,(H2,26,28,29);1,8,12-13,25H,5-7H2,2-3H3,(H2,20,22,23);1,8,12-13,25-26H,3,5-7H2,2H3,(H,20,22,23)/t16-,17+,25+;12-,13+,19+;12-,13+,18+/m000/s1. The van der Waals surface area contributed by atoms with E-state index >= 15 is 0 Å². The molecule has 3 saturated heterocycles. The highest BCUT2D eigenvalue weighted by Gasteiger charge is 2.54. The van der Waals surface area contributed by atoms with Gasteiger partial charge in [-0.3, -0.25) is 13.7 Å². The number of hydrogen-bond acceptors (Lipinski definition) is 38. The molecule has 41 nitrogen and oxygen atoms in total. The Hall–Kier alpha value is -12.7.